The number of nitrogens with zero attached hydrogens (tertiary/aromatic N) is 2. The Bertz CT molecular complexity index is 417. The van der Waals surface area contributed by atoms with Crippen LogP contribution in [0.5, 0.6) is 0 Å². The van der Waals surface area contributed by atoms with Crippen LogP contribution >= 0.6 is 0 Å². The molecule has 1 heterocycles. The van der Waals surface area contributed by atoms with Crippen LogP contribution in [0.1, 0.15) is 12.5 Å². The smallest absolute Gasteiger partial charge is 0.315 e. The number of anilines is 1. The lowest BCUT2D eigenvalue weighted by molar-refractivity contribution is -0.143. The number of carbonyl (C=O) groups excluding carboxylic acids is 2. The number of nitrogens with one attached hydrogen (secondary N) is 1. The number of pyridine rings is 1. The van der Waals surface area contributed by atoms with E-state index in [1.165, 1.54) is 4.90 Å². The summed E-state index contributed by atoms with van der Waals surface area (Å²) in [6, 6.07) is 3.42. The maximum atomic E-state index is 11.7. The van der Waals surface area contributed by atoms with E-state index >= 15 is 0 Å². The van der Waals surface area contributed by atoms with Crippen LogP contribution in [0.4, 0.5) is 5.82 Å². The molecule has 1 aromatic heterocycles. The summed E-state index contributed by atoms with van der Waals surface area (Å²) < 4.78 is 0. The average Bonchev–Trinajstić information content (AvgIpc) is 2.37. The van der Waals surface area contributed by atoms with E-state index in [2.05, 4.69) is 10.3 Å². The first-order chi connectivity index (χ1) is 8.58. The Hall–Kier alpha value is -1.95. The molecule has 6 heteroatoms. The van der Waals surface area contributed by atoms with E-state index in [0.717, 1.165) is 5.56 Å². The van der Waals surface area contributed by atoms with Crippen LogP contribution in [0.2, 0.25) is 0 Å². The molecular weight excluding hydrogens is 234 g/mol. The molecule has 0 aliphatic rings. The molecule has 0 saturated carbocycles. The number of hydrogen-bond acceptors (Lipinski definition) is 4. The van der Waals surface area contributed by atoms with E-state index in [4.69, 9.17) is 5.11 Å². The average molecular weight is 251 g/mol. The van der Waals surface area contributed by atoms with Gasteiger partial charge < -0.3 is 15.3 Å². The summed E-state index contributed by atoms with van der Waals surface area (Å²) in [7, 11) is 0. The van der Waals surface area contributed by atoms with Gasteiger partial charge in [0.2, 0.25) is 0 Å². The molecule has 0 saturated heterocycles. The predicted molar refractivity (Wildman–Crippen MR) is 66.9 cm³/mol. The Morgan fingerprint density at radius 3 is 2.67 bits per heavy atom. The second kappa shape index (κ2) is 6.70. The summed E-state index contributed by atoms with van der Waals surface area (Å²) in [6.45, 7) is 3.96. The van der Waals surface area contributed by atoms with Crippen molar-refractivity contribution in [1.29, 1.82) is 0 Å². The summed E-state index contributed by atoms with van der Waals surface area (Å²) in [5.74, 6) is -1.09. The molecule has 0 fully saturated rings. The van der Waals surface area contributed by atoms with Gasteiger partial charge in [0.15, 0.2) is 0 Å². The lowest BCUT2D eigenvalue weighted by Gasteiger charge is -2.18. The zero-order valence-corrected chi connectivity index (χ0v) is 10.5. The predicted octanol–water partition coefficient (Wildman–Crippen LogP) is 0.169. The molecule has 0 spiro atoms. The fourth-order valence-corrected chi connectivity index (χ4v) is 1.38. The minimum Gasteiger partial charge on any atom is -0.395 e. The van der Waals surface area contributed by atoms with Gasteiger partial charge in [0.05, 0.1) is 6.61 Å². The van der Waals surface area contributed by atoms with Crippen LogP contribution in [-0.4, -0.2) is 46.5 Å². The number of aliphatic hydroxyl groups excluding tert-OH is 1. The zero-order chi connectivity index (χ0) is 13.5. The molecule has 2 amide bonds. The number of hydrogen-bond donors (Lipinski definition) is 2. The number of likely N-dealkylation sites (N-methyl/N-ethyl adjacent to an activating group) is 1. The molecule has 0 unspecified atom stereocenters. The van der Waals surface area contributed by atoms with Gasteiger partial charge in [-0.25, -0.2) is 4.98 Å². The van der Waals surface area contributed by atoms with E-state index in [0.29, 0.717) is 12.4 Å². The van der Waals surface area contributed by atoms with Gasteiger partial charge >= 0.3 is 11.8 Å². The Labute approximate surface area is 106 Å². The van der Waals surface area contributed by atoms with Gasteiger partial charge in [0, 0.05) is 19.3 Å². The maximum absolute atomic E-state index is 11.7. The topological polar surface area (TPSA) is 82.5 Å². The van der Waals surface area contributed by atoms with E-state index in [9.17, 15) is 9.59 Å². The van der Waals surface area contributed by atoms with E-state index in [-0.39, 0.29) is 13.2 Å². The van der Waals surface area contributed by atoms with Crippen molar-refractivity contribution in [3.8, 4) is 0 Å². The molecule has 0 aromatic carbocycles. The third-order valence-electron chi connectivity index (χ3n) is 2.39. The van der Waals surface area contributed by atoms with Crippen LogP contribution in [0.3, 0.4) is 0 Å². The molecule has 0 aliphatic heterocycles. The Balaban J connectivity index is 2.64. The highest BCUT2D eigenvalue weighted by atomic mass is 16.3. The summed E-state index contributed by atoms with van der Waals surface area (Å²) in [6.07, 6.45) is 1.60. The molecule has 1 aromatic rings. The number of aryl methyl sites for hydroxylation is 1. The fourth-order valence-electron chi connectivity index (χ4n) is 1.38. The first-order valence-electron chi connectivity index (χ1n) is 5.72. The third-order valence-corrected chi connectivity index (χ3v) is 2.39. The largest absolute Gasteiger partial charge is 0.395 e. The van der Waals surface area contributed by atoms with Crippen molar-refractivity contribution in [2.24, 2.45) is 0 Å². The van der Waals surface area contributed by atoms with Crippen molar-refractivity contribution in [2.45, 2.75) is 13.8 Å². The number of aromatic nitrogens is 1. The highest BCUT2D eigenvalue weighted by Gasteiger charge is 2.20. The molecule has 0 bridgehead atoms. The van der Waals surface area contributed by atoms with Gasteiger partial charge in [-0.05, 0) is 25.5 Å². The fraction of sp³-hybridized carbons (Fsp3) is 0.417. The molecule has 6 nitrogen and oxygen atoms in total. The lowest BCUT2D eigenvalue weighted by Crippen LogP contribution is -2.41. The first kappa shape index (κ1) is 14.1. The van der Waals surface area contributed by atoms with Gasteiger partial charge in [-0.2, -0.15) is 0 Å². The number of amides is 2. The molecule has 0 radical (unpaired) electrons. The van der Waals surface area contributed by atoms with Gasteiger partial charge in [-0.3, -0.25) is 9.59 Å². The van der Waals surface area contributed by atoms with Crippen LogP contribution in [0, 0.1) is 6.92 Å². The molecule has 2 N–H and O–H groups in total. The van der Waals surface area contributed by atoms with Crippen LogP contribution < -0.4 is 5.32 Å². The van der Waals surface area contributed by atoms with Gasteiger partial charge in [-0.15, -0.1) is 0 Å². The summed E-state index contributed by atoms with van der Waals surface area (Å²) in [5, 5.41) is 11.2. The maximum Gasteiger partial charge on any atom is 0.315 e. The van der Waals surface area contributed by atoms with Gasteiger partial charge in [-0.1, -0.05) is 6.07 Å². The summed E-state index contributed by atoms with van der Waals surface area (Å²) >= 11 is 0. The SMILES string of the molecule is CCN(CCO)C(=O)C(=O)Nc1ccc(C)cn1. The zero-order valence-electron chi connectivity index (χ0n) is 10.5. The minimum atomic E-state index is -0.748. The number of aliphatic hydroxyl groups is 1. The minimum absolute atomic E-state index is 0.143. The Morgan fingerprint density at radius 1 is 1.44 bits per heavy atom. The normalized spacial score (nSPS) is 9.94. The van der Waals surface area contributed by atoms with E-state index in [1.54, 1.807) is 25.3 Å². The second-order valence-corrected chi connectivity index (χ2v) is 3.78. The van der Waals surface area contributed by atoms with Crippen molar-refractivity contribution in [3.63, 3.8) is 0 Å². The van der Waals surface area contributed by atoms with E-state index in [1.807, 2.05) is 6.92 Å². The molecule has 0 aliphatic carbocycles. The van der Waals surface area contributed by atoms with Crippen LogP contribution in [-0.2, 0) is 9.59 Å². The van der Waals surface area contributed by atoms with Crippen LogP contribution in [0.25, 0.3) is 0 Å². The molecule has 0 atom stereocenters. The number of carbonyl (C=O) groups is 2. The van der Waals surface area contributed by atoms with Crippen molar-refractivity contribution in [2.75, 3.05) is 25.0 Å². The van der Waals surface area contributed by atoms with Crippen LogP contribution in [0.15, 0.2) is 18.3 Å². The first-order valence-corrected chi connectivity index (χ1v) is 5.72. The summed E-state index contributed by atoms with van der Waals surface area (Å²) in [5.41, 5.74) is 0.967. The Kier molecular flexibility index (Phi) is 5.26. The van der Waals surface area contributed by atoms with Crippen molar-refractivity contribution < 1.29 is 14.7 Å². The summed E-state index contributed by atoms with van der Waals surface area (Å²) in [4.78, 5) is 28.6. The van der Waals surface area contributed by atoms with Crippen molar-refractivity contribution >= 4 is 17.6 Å². The second-order valence-electron chi connectivity index (χ2n) is 3.78. The monoisotopic (exact) mass is 251 g/mol. The molecule has 98 valence electrons. The quantitative estimate of drug-likeness (QED) is 0.747. The molecular formula is C12H17N3O3. The van der Waals surface area contributed by atoms with Gasteiger partial charge in [0.1, 0.15) is 5.82 Å². The van der Waals surface area contributed by atoms with Gasteiger partial charge in [0.25, 0.3) is 0 Å². The Morgan fingerprint density at radius 2 is 2.17 bits per heavy atom. The van der Waals surface area contributed by atoms with Crippen molar-refractivity contribution in [3.05, 3.63) is 23.9 Å². The standard InChI is InChI=1S/C12H17N3O3/c1-3-15(6-7-16)12(18)11(17)14-10-5-4-9(2)8-13-10/h4-5,8,16H,3,6-7H2,1-2H3,(H,13,14,17). The lowest BCUT2D eigenvalue weighted by atomic mass is 10.3. The number of rotatable bonds is 4. The molecule has 1 rings (SSSR count). The van der Waals surface area contributed by atoms with E-state index < -0.39 is 11.8 Å². The highest BCUT2D eigenvalue weighted by Crippen LogP contribution is 2.04. The highest BCUT2D eigenvalue weighted by molar-refractivity contribution is 6.39. The van der Waals surface area contributed by atoms with Crippen molar-refractivity contribution in [1.82, 2.24) is 9.88 Å². The molecule has 18 heavy (non-hydrogen) atoms. The third kappa shape index (κ3) is 3.81.